The van der Waals surface area contributed by atoms with Gasteiger partial charge in [-0.2, -0.15) is 0 Å². The van der Waals surface area contributed by atoms with Crippen molar-refractivity contribution in [2.24, 2.45) is 0 Å². The Morgan fingerprint density at radius 3 is 2.67 bits per heavy atom. The van der Waals surface area contributed by atoms with Gasteiger partial charge in [0, 0.05) is 28.2 Å². The molecule has 104 valence electrons. The number of pyridine rings is 1. The summed E-state index contributed by atoms with van der Waals surface area (Å²) in [4.78, 5) is 16.6. The average Bonchev–Trinajstić information content (AvgIpc) is 2.53. The van der Waals surface area contributed by atoms with Gasteiger partial charge in [0.25, 0.3) is 5.91 Å². The minimum absolute atomic E-state index is 0.0866. The molecule has 0 aliphatic carbocycles. The maximum atomic E-state index is 12.4. The normalized spacial score (nSPS) is 10.5. The van der Waals surface area contributed by atoms with Crippen LogP contribution in [0.4, 0.5) is 0 Å². The molecule has 0 aliphatic heterocycles. The molecular weight excluding hydrogens is 328 g/mol. The fourth-order valence-corrected chi connectivity index (χ4v) is 2.45. The van der Waals surface area contributed by atoms with Gasteiger partial charge in [-0.25, -0.2) is 0 Å². The Bertz CT molecular complexity index is 779. The van der Waals surface area contributed by atoms with E-state index in [1.807, 2.05) is 54.6 Å². The van der Waals surface area contributed by atoms with Crippen molar-refractivity contribution in [1.29, 1.82) is 0 Å². The molecule has 0 spiro atoms. The predicted octanol–water partition coefficient (Wildman–Crippen LogP) is 3.93. The third-order valence-corrected chi connectivity index (χ3v) is 3.79. The maximum absolute atomic E-state index is 12.4. The smallest absolute Gasteiger partial charge is 0.252 e. The molecule has 0 saturated heterocycles. The van der Waals surface area contributed by atoms with Crippen molar-refractivity contribution >= 4 is 32.7 Å². The summed E-state index contributed by atoms with van der Waals surface area (Å²) < 4.78 is 1.03. The zero-order valence-corrected chi connectivity index (χ0v) is 12.8. The summed E-state index contributed by atoms with van der Waals surface area (Å²) in [7, 11) is 0. The van der Waals surface area contributed by atoms with Crippen molar-refractivity contribution in [2.75, 3.05) is 0 Å². The van der Waals surface area contributed by atoms with Crippen molar-refractivity contribution in [2.45, 2.75) is 6.54 Å². The zero-order valence-electron chi connectivity index (χ0n) is 11.2. The van der Waals surface area contributed by atoms with Crippen LogP contribution in [-0.2, 0) is 6.54 Å². The van der Waals surface area contributed by atoms with Gasteiger partial charge in [0.2, 0.25) is 0 Å². The zero-order chi connectivity index (χ0) is 14.7. The molecule has 3 aromatic rings. The Hall–Kier alpha value is -2.20. The summed E-state index contributed by atoms with van der Waals surface area (Å²) in [5.74, 6) is -0.0866. The van der Waals surface area contributed by atoms with Gasteiger partial charge in [-0.3, -0.25) is 9.78 Å². The Kier molecular flexibility index (Phi) is 3.97. The SMILES string of the molecule is O=C(NCc1ccc(Br)cc1)c1cccc2ncccc12. The molecule has 1 amide bonds. The third kappa shape index (κ3) is 3.11. The van der Waals surface area contributed by atoms with Crippen LogP contribution in [-0.4, -0.2) is 10.9 Å². The van der Waals surface area contributed by atoms with E-state index in [4.69, 9.17) is 0 Å². The molecule has 2 aromatic carbocycles. The Balaban J connectivity index is 1.79. The van der Waals surface area contributed by atoms with Crippen molar-refractivity contribution in [3.63, 3.8) is 0 Å². The van der Waals surface area contributed by atoms with E-state index < -0.39 is 0 Å². The largest absolute Gasteiger partial charge is 0.348 e. The van der Waals surface area contributed by atoms with Crippen molar-refractivity contribution in [3.05, 3.63) is 76.4 Å². The number of carbonyl (C=O) groups excluding carboxylic acids is 1. The van der Waals surface area contributed by atoms with Gasteiger partial charge >= 0.3 is 0 Å². The molecule has 3 nitrogen and oxygen atoms in total. The number of carbonyl (C=O) groups is 1. The van der Waals surface area contributed by atoms with Crippen LogP contribution in [0.25, 0.3) is 10.9 Å². The highest BCUT2D eigenvalue weighted by Crippen LogP contribution is 2.16. The third-order valence-electron chi connectivity index (χ3n) is 3.26. The number of hydrogen-bond acceptors (Lipinski definition) is 2. The van der Waals surface area contributed by atoms with Crippen LogP contribution in [0.2, 0.25) is 0 Å². The Morgan fingerprint density at radius 2 is 1.86 bits per heavy atom. The number of halogens is 1. The van der Waals surface area contributed by atoms with Crippen LogP contribution < -0.4 is 5.32 Å². The summed E-state index contributed by atoms with van der Waals surface area (Å²) in [5, 5.41) is 3.81. The van der Waals surface area contributed by atoms with E-state index in [9.17, 15) is 4.79 Å². The molecule has 0 saturated carbocycles. The lowest BCUT2D eigenvalue weighted by Gasteiger charge is -2.08. The number of amides is 1. The Labute approximate surface area is 131 Å². The Morgan fingerprint density at radius 1 is 1.05 bits per heavy atom. The summed E-state index contributed by atoms with van der Waals surface area (Å²) in [6, 6.07) is 17.2. The minimum atomic E-state index is -0.0866. The number of hydrogen-bond donors (Lipinski definition) is 1. The first kappa shape index (κ1) is 13.8. The van der Waals surface area contributed by atoms with E-state index in [1.165, 1.54) is 0 Å². The molecular formula is C17H13BrN2O. The first-order valence-electron chi connectivity index (χ1n) is 6.60. The van der Waals surface area contributed by atoms with Crippen LogP contribution in [0.1, 0.15) is 15.9 Å². The molecule has 3 rings (SSSR count). The van der Waals surface area contributed by atoms with Crippen molar-refractivity contribution in [1.82, 2.24) is 10.3 Å². The number of rotatable bonds is 3. The quantitative estimate of drug-likeness (QED) is 0.784. The number of fused-ring (bicyclic) bond motifs is 1. The number of aromatic nitrogens is 1. The standard InChI is InChI=1S/C17H13BrN2O/c18-13-8-6-12(7-9-13)11-20-17(21)15-3-1-5-16-14(15)4-2-10-19-16/h1-10H,11H2,(H,20,21). The first-order chi connectivity index (χ1) is 10.2. The highest BCUT2D eigenvalue weighted by atomic mass is 79.9. The van der Waals surface area contributed by atoms with Gasteiger partial charge in [0.05, 0.1) is 5.52 Å². The van der Waals surface area contributed by atoms with Gasteiger partial charge < -0.3 is 5.32 Å². The molecule has 0 bridgehead atoms. The lowest BCUT2D eigenvalue weighted by molar-refractivity contribution is 0.0952. The van der Waals surface area contributed by atoms with Crippen LogP contribution in [0.3, 0.4) is 0 Å². The van der Waals surface area contributed by atoms with Crippen molar-refractivity contribution in [3.8, 4) is 0 Å². The molecule has 4 heteroatoms. The van der Waals surface area contributed by atoms with E-state index in [-0.39, 0.29) is 5.91 Å². The minimum Gasteiger partial charge on any atom is -0.348 e. The molecule has 0 aliphatic rings. The lowest BCUT2D eigenvalue weighted by atomic mass is 10.1. The van der Waals surface area contributed by atoms with E-state index in [0.29, 0.717) is 12.1 Å². The van der Waals surface area contributed by atoms with E-state index in [1.54, 1.807) is 6.20 Å². The summed E-state index contributed by atoms with van der Waals surface area (Å²) >= 11 is 3.40. The molecule has 1 aromatic heterocycles. The summed E-state index contributed by atoms with van der Waals surface area (Å²) in [6.45, 7) is 0.503. The highest BCUT2D eigenvalue weighted by molar-refractivity contribution is 9.10. The van der Waals surface area contributed by atoms with Gasteiger partial charge in [-0.1, -0.05) is 40.2 Å². The molecule has 0 radical (unpaired) electrons. The fraction of sp³-hybridized carbons (Fsp3) is 0.0588. The van der Waals surface area contributed by atoms with Crippen LogP contribution in [0.5, 0.6) is 0 Å². The van der Waals surface area contributed by atoms with Crippen molar-refractivity contribution < 1.29 is 4.79 Å². The maximum Gasteiger partial charge on any atom is 0.252 e. The fourth-order valence-electron chi connectivity index (χ4n) is 2.18. The predicted molar refractivity (Wildman–Crippen MR) is 87.1 cm³/mol. The molecule has 21 heavy (non-hydrogen) atoms. The number of nitrogens with one attached hydrogen (secondary N) is 1. The van der Waals surface area contributed by atoms with E-state index in [0.717, 1.165) is 20.9 Å². The summed E-state index contributed by atoms with van der Waals surface area (Å²) in [5.41, 5.74) is 2.54. The van der Waals surface area contributed by atoms with Crippen LogP contribution in [0.15, 0.2) is 65.3 Å². The van der Waals surface area contributed by atoms with Gasteiger partial charge in [0.1, 0.15) is 0 Å². The summed E-state index contributed by atoms with van der Waals surface area (Å²) in [6.07, 6.45) is 1.73. The molecule has 0 atom stereocenters. The van der Waals surface area contributed by atoms with Gasteiger partial charge in [-0.05, 0) is 35.9 Å². The number of nitrogens with zero attached hydrogens (tertiary/aromatic N) is 1. The highest BCUT2D eigenvalue weighted by Gasteiger charge is 2.09. The average molecular weight is 341 g/mol. The molecule has 0 fully saturated rings. The van der Waals surface area contributed by atoms with E-state index >= 15 is 0 Å². The monoisotopic (exact) mass is 340 g/mol. The van der Waals surface area contributed by atoms with E-state index in [2.05, 4.69) is 26.2 Å². The van der Waals surface area contributed by atoms with Gasteiger partial charge in [-0.15, -0.1) is 0 Å². The van der Waals surface area contributed by atoms with Crippen LogP contribution in [0, 0.1) is 0 Å². The molecule has 1 heterocycles. The molecule has 1 N–H and O–H groups in total. The lowest BCUT2D eigenvalue weighted by Crippen LogP contribution is -2.23. The first-order valence-corrected chi connectivity index (χ1v) is 7.40. The second kappa shape index (κ2) is 6.06. The topological polar surface area (TPSA) is 42.0 Å². The number of benzene rings is 2. The second-order valence-corrected chi connectivity index (χ2v) is 5.60. The van der Waals surface area contributed by atoms with Gasteiger partial charge in [0.15, 0.2) is 0 Å². The molecule has 0 unspecified atom stereocenters. The second-order valence-electron chi connectivity index (χ2n) is 4.68. The van der Waals surface area contributed by atoms with Crippen LogP contribution >= 0.6 is 15.9 Å².